The summed E-state index contributed by atoms with van der Waals surface area (Å²) in [5.41, 5.74) is 1.12. The van der Waals surface area contributed by atoms with Crippen molar-refractivity contribution in [3.8, 4) is 5.75 Å². The number of H-pyrrole nitrogens is 1. The van der Waals surface area contributed by atoms with E-state index in [1.54, 1.807) is 24.3 Å². The van der Waals surface area contributed by atoms with Gasteiger partial charge in [0, 0.05) is 12.3 Å². The third-order valence-corrected chi connectivity index (χ3v) is 4.10. The molecule has 2 aromatic rings. The Labute approximate surface area is 147 Å². The molecular weight excluding hydrogens is 340 g/mol. The van der Waals surface area contributed by atoms with Crippen LogP contribution in [0.3, 0.4) is 0 Å². The molecule has 3 N–H and O–H groups in total. The van der Waals surface area contributed by atoms with Gasteiger partial charge in [0.05, 0.1) is 12.7 Å². The molecule has 0 unspecified atom stereocenters. The molecule has 3 rings (SSSR count). The lowest BCUT2D eigenvalue weighted by Crippen LogP contribution is -2.48. The summed E-state index contributed by atoms with van der Waals surface area (Å²) in [4.78, 5) is 50.7. The van der Waals surface area contributed by atoms with Crippen LogP contribution in [0.4, 0.5) is 4.79 Å². The van der Waals surface area contributed by atoms with Crippen molar-refractivity contribution in [2.24, 2.45) is 0 Å². The molecule has 1 atom stereocenters. The van der Waals surface area contributed by atoms with E-state index >= 15 is 0 Å². The average Bonchev–Trinajstić information content (AvgIpc) is 2.86. The van der Waals surface area contributed by atoms with Crippen molar-refractivity contribution in [1.82, 2.24) is 20.7 Å². The third-order valence-electron chi connectivity index (χ3n) is 4.10. The van der Waals surface area contributed by atoms with Gasteiger partial charge in [0.1, 0.15) is 11.3 Å². The molecule has 1 saturated heterocycles. The molecule has 9 nitrogen and oxygen atoms in total. The number of aromatic amines is 1. The first kappa shape index (κ1) is 17.2. The maximum Gasteiger partial charge on any atom is 0.344 e. The topological polar surface area (TPSA) is 121 Å². The number of imide groups is 1. The normalized spacial score (nSPS) is 19.2. The van der Waals surface area contributed by atoms with Crippen molar-refractivity contribution < 1.29 is 19.1 Å². The number of nitrogens with zero attached hydrogens (tertiary/aromatic N) is 1. The smallest absolute Gasteiger partial charge is 0.344 e. The van der Waals surface area contributed by atoms with Gasteiger partial charge in [-0.3, -0.25) is 19.8 Å². The number of rotatable bonds is 4. The van der Waals surface area contributed by atoms with E-state index in [1.807, 2.05) is 0 Å². The van der Waals surface area contributed by atoms with Crippen molar-refractivity contribution in [2.75, 3.05) is 7.11 Å². The number of carbonyl (C=O) groups is 3. The van der Waals surface area contributed by atoms with Crippen LogP contribution in [0.2, 0.25) is 0 Å². The zero-order valence-corrected chi connectivity index (χ0v) is 14.0. The SMILES string of the molecule is COc1cccc([C@@]2(C)NC(=O)N(NC(=O)c3ccc(=O)[nH]c3)C2=O)c1. The van der Waals surface area contributed by atoms with Crippen LogP contribution in [0, 0.1) is 0 Å². The van der Waals surface area contributed by atoms with Crippen molar-refractivity contribution in [3.05, 3.63) is 64.1 Å². The minimum atomic E-state index is -1.36. The summed E-state index contributed by atoms with van der Waals surface area (Å²) in [5, 5.41) is 3.19. The molecular formula is C17H16N4O5. The Morgan fingerprint density at radius 2 is 1.96 bits per heavy atom. The number of hydrogen-bond donors (Lipinski definition) is 3. The molecule has 0 spiro atoms. The van der Waals surface area contributed by atoms with E-state index in [0.717, 1.165) is 0 Å². The second kappa shape index (κ2) is 6.36. The zero-order valence-electron chi connectivity index (χ0n) is 14.0. The fraction of sp³-hybridized carbons (Fsp3) is 0.176. The lowest BCUT2D eigenvalue weighted by Gasteiger charge is -2.22. The fourth-order valence-electron chi connectivity index (χ4n) is 2.59. The molecule has 1 aromatic carbocycles. The Bertz CT molecular complexity index is 934. The van der Waals surface area contributed by atoms with E-state index in [2.05, 4.69) is 15.7 Å². The van der Waals surface area contributed by atoms with Gasteiger partial charge in [-0.25, -0.2) is 4.79 Å². The van der Waals surface area contributed by atoms with Gasteiger partial charge in [-0.1, -0.05) is 12.1 Å². The number of carbonyl (C=O) groups excluding carboxylic acids is 3. The van der Waals surface area contributed by atoms with Crippen molar-refractivity contribution in [2.45, 2.75) is 12.5 Å². The zero-order chi connectivity index (χ0) is 18.9. The van der Waals surface area contributed by atoms with Gasteiger partial charge in [-0.15, -0.1) is 0 Å². The molecule has 134 valence electrons. The van der Waals surface area contributed by atoms with Crippen molar-refractivity contribution in [3.63, 3.8) is 0 Å². The molecule has 0 saturated carbocycles. The fourth-order valence-corrected chi connectivity index (χ4v) is 2.59. The highest BCUT2D eigenvalue weighted by molar-refractivity contribution is 6.09. The van der Waals surface area contributed by atoms with E-state index in [-0.39, 0.29) is 11.1 Å². The standard InChI is InChI=1S/C17H16N4O5/c1-17(11-4-3-5-12(8-11)26-2)15(24)21(16(25)19-17)20-14(23)10-6-7-13(22)18-9-10/h3-9H,1-2H3,(H,18,22)(H,19,25)(H,20,23)/t17-/m1/s1. The van der Waals surface area contributed by atoms with Gasteiger partial charge >= 0.3 is 6.03 Å². The number of benzene rings is 1. The Kier molecular flexibility index (Phi) is 4.21. The minimum absolute atomic E-state index is 0.0974. The summed E-state index contributed by atoms with van der Waals surface area (Å²) in [7, 11) is 1.49. The Morgan fingerprint density at radius 3 is 2.62 bits per heavy atom. The summed E-state index contributed by atoms with van der Waals surface area (Å²) in [6.45, 7) is 1.54. The number of aromatic nitrogens is 1. The summed E-state index contributed by atoms with van der Waals surface area (Å²) in [6.07, 6.45) is 1.19. The van der Waals surface area contributed by atoms with Crippen LogP contribution in [0.15, 0.2) is 47.4 Å². The summed E-state index contributed by atoms with van der Waals surface area (Å²) in [6, 6.07) is 8.40. The quantitative estimate of drug-likeness (QED) is 0.689. The van der Waals surface area contributed by atoms with E-state index in [0.29, 0.717) is 16.3 Å². The summed E-state index contributed by atoms with van der Waals surface area (Å²) >= 11 is 0. The largest absolute Gasteiger partial charge is 0.497 e. The van der Waals surface area contributed by atoms with E-state index in [1.165, 1.54) is 32.4 Å². The van der Waals surface area contributed by atoms with Gasteiger partial charge in [-0.05, 0) is 30.7 Å². The summed E-state index contributed by atoms with van der Waals surface area (Å²) in [5.74, 6) is -0.824. The van der Waals surface area contributed by atoms with Crippen LogP contribution in [-0.4, -0.2) is 34.9 Å². The van der Waals surface area contributed by atoms with Crippen LogP contribution in [0.1, 0.15) is 22.8 Å². The first-order valence-electron chi connectivity index (χ1n) is 7.66. The number of amides is 4. The molecule has 0 radical (unpaired) electrons. The molecule has 1 aliphatic rings. The molecule has 4 amide bonds. The van der Waals surface area contributed by atoms with Crippen molar-refractivity contribution >= 4 is 17.8 Å². The monoisotopic (exact) mass is 356 g/mol. The Hall–Kier alpha value is -3.62. The number of hydrogen-bond acceptors (Lipinski definition) is 5. The molecule has 9 heteroatoms. The lowest BCUT2D eigenvalue weighted by molar-refractivity contribution is -0.132. The lowest BCUT2D eigenvalue weighted by atomic mass is 9.92. The number of methoxy groups -OCH3 is 1. The number of pyridine rings is 1. The van der Waals surface area contributed by atoms with Gasteiger partial charge < -0.3 is 15.0 Å². The highest BCUT2D eigenvalue weighted by atomic mass is 16.5. The van der Waals surface area contributed by atoms with E-state index in [4.69, 9.17) is 4.74 Å². The second-order valence-electron chi connectivity index (χ2n) is 5.81. The Balaban J connectivity index is 1.85. The van der Waals surface area contributed by atoms with Crippen LogP contribution in [0.5, 0.6) is 5.75 Å². The number of urea groups is 1. The first-order chi connectivity index (χ1) is 12.3. The predicted octanol–water partition coefficient (Wildman–Crippen LogP) is 0.495. The highest BCUT2D eigenvalue weighted by Gasteiger charge is 2.50. The molecule has 0 bridgehead atoms. The molecule has 0 aliphatic carbocycles. The average molecular weight is 356 g/mol. The molecule has 1 aromatic heterocycles. The third kappa shape index (κ3) is 2.90. The molecule has 1 fully saturated rings. The highest BCUT2D eigenvalue weighted by Crippen LogP contribution is 2.30. The molecule has 26 heavy (non-hydrogen) atoms. The minimum Gasteiger partial charge on any atom is -0.497 e. The maximum atomic E-state index is 12.8. The first-order valence-corrected chi connectivity index (χ1v) is 7.66. The van der Waals surface area contributed by atoms with Crippen LogP contribution < -0.4 is 21.0 Å². The van der Waals surface area contributed by atoms with Gasteiger partial charge in [0.15, 0.2) is 0 Å². The number of ether oxygens (including phenoxy) is 1. The molecule has 2 heterocycles. The van der Waals surface area contributed by atoms with E-state index < -0.39 is 23.4 Å². The number of hydrazine groups is 1. The van der Waals surface area contributed by atoms with Gasteiger partial charge in [-0.2, -0.15) is 5.01 Å². The van der Waals surface area contributed by atoms with Crippen LogP contribution in [0.25, 0.3) is 0 Å². The number of nitrogens with one attached hydrogen (secondary N) is 3. The van der Waals surface area contributed by atoms with E-state index in [9.17, 15) is 19.2 Å². The predicted molar refractivity (Wildman–Crippen MR) is 90.3 cm³/mol. The molecule has 1 aliphatic heterocycles. The van der Waals surface area contributed by atoms with Crippen molar-refractivity contribution in [1.29, 1.82) is 0 Å². The van der Waals surface area contributed by atoms with Crippen LogP contribution >= 0.6 is 0 Å². The van der Waals surface area contributed by atoms with Gasteiger partial charge in [0.2, 0.25) is 5.56 Å². The Morgan fingerprint density at radius 1 is 1.19 bits per heavy atom. The van der Waals surface area contributed by atoms with Crippen LogP contribution in [-0.2, 0) is 10.3 Å². The van der Waals surface area contributed by atoms with Gasteiger partial charge in [0.25, 0.3) is 11.8 Å². The second-order valence-corrected chi connectivity index (χ2v) is 5.81. The maximum absolute atomic E-state index is 12.8. The summed E-state index contributed by atoms with van der Waals surface area (Å²) < 4.78 is 5.14.